The highest BCUT2D eigenvalue weighted by Crippen LogP contribution is 2.13. The van der Waals surface area contributed by atoms with Gasteiger partial charge < -0.3 is 14.4 Å². The van der Waals surface area contributed by atoms with Gasteiger partial charge in [0, 0.05) is 18.4 Å². The molecule has 1 aromatic carbocycles. The number of nitrogens with one attached hydrogen (secondary N) is 1. The smallest absolute Gasteiger partial charge is 0.309 e. The zero-order chi connectivity index (χ0) is 15.1. The summed E-state index contributed by atoms with van der Waals surface area (Å²) in [5.41, 5.74) is 1.32. The average molecular weight is 292 g/mol. The molecule has 1 aliphatic heterocycles. The summed E-state index contributed by atoms with van der Waals surface area (Å²) in [5, 5.41) is 0. The van der Waals surface area contributed by atoms with E-state index in [-0.39, 0.29) is 11.9 Å². The zero-order valence-corrected chi connectivity index (χ0v) is 13.1. The maximum atomic E-state index is 11.7. The van der Waals surface area contributed by atoms with E-state index in [1.165, 1.54) is 5.56 Å². The van der Waals surface area contributed by atoms with E-state index in [9.17, 15) is 4.79 Å². The molecule has 0 atom stereocenters. The standard InChI is InChI=1S/C17H25NO3/c1-3-20-16-7-5-14(6-8-16)13-18-11-9-15(10-12-18)17(19)21-4-2/h5-8,15H,3-4,9-13H2,1-2H3/p+1. The van der Waals surface area contributed by atoms with Crippen LogP contribution in [0.5, 0.6) is 5.75 Å². The van der Waals surface area contributed by atoms with Crippen molar-refractivity contribution in [1.29, 1.82) is 0 Å². The number of rotatable bonds is 6. The number of carbonyl (C=O) groups excluding carboxylic acids is 1. The highest BCUT2D eigenvalue weighted by Gasteiger charge is 2.28. The van der Waals surface area contributed by atoms with Crippen molar-refractivity contribution >= 4 is 5.97 Å². The minimum Gasteiger partial charge on any atom is -0.494 e. The molecular weight excluding hydrogens is 266 g/mol. The van der Waals surface area contributed by atoms with Crippen LogP contribution in [0.15, 0.2) is 24.3 Å². The molecule has 1 aliphatic rings. The quantitative estimate of drug-likeness (QED) is 0.807. The first-order chi connectivity index (χ1) is 10.2. The van der Waals surface area contributed by atoms with Gasteiger partial charge in [0.1, 0.15) is 12.3 Å². The van der Waals surface area contributed by atoms with E-state index in [0.29, 0.717) is 13.2 Å². The van der Waals surface area contributed by atoms with Crippen LogP contribution >= 0.6 is 0 Å². The number of esters is 1. The fraction of sp³-hybridized carbons (Fsp3) is 0.588. The van der Waals surface area contributed by atoms with Crippen molar-refractivity contribution in [3.8, 4) is 5.75 Å². The molecule has 0 amide bonds. The van der Waals surface area contributed by atoms with Crippen LogP contribution in [0, 0.1) is 5.92 Å². The molecule has 1 heterocycles. The summed E-state index contributed by atoms with van der Waals surface area (Å²) in [6.07, 6.45) is 1.87. The van der Waals surface area contributed by atoms with E-state index in [1.54, 1.807) is 4.90 Å². The minimum absolute atomic E-state index is 0.0161. The molecule has 0 radical (unpaired) electrons. The van der Waals surface area contributed by atoms with Gasteiger partial charge >= 0.3 is 5.97 Å². The van der Waals surface area contributed by atoms with Gasteiger partial charge in [0.2, 0.25) is 0 Å². The van der Waals surface area contributed by atoms with Gasteiger partial charge in [-0.05, 0) is 38.1 Å². The van der Waals surface area contributed by atoms with Crippen molar-refractivity contribution in [3.63, 3.8) is 0 Å². The molecular formula is C17H26NO3+. The number of piperidine rings is 1. The maximum absolute atomic E-state index is 11.7. The Labute approximate surface area is 127 Å². The van der Waals surface area contributed by atoms with Gasteiger partial charge in [0.25, 0.3) is 0 Å². The summed E-state index contributed by atoms with van der Waals surface area (Å²) >= 11 is 0. The number of hydrogen-bond acceptors (Lipinski definition) is 3. The number of hydrogen-bond donors (Lipinski definition) is 1. The fourth-order valence-corrected chi connectivity index (χ4v) is 2.86. The number of quaternary nitrogens is 1. The third-order valence-corrected chi connectivity index (χ3v) is 4.00. The SMILES string of the molecule is CCOC(=O)C1CC[NH+](Cc2ccc(OCC)cc2)CC1. The van der Waals surface area contributed by atoms with E-state index < -0.39 is 0 Å². The molecule has 4 heteroatoms. The summed E-state index contributed by atoms with van der Waals surface area (Å²) in [6.45, 7) is 8.13. The summed E-state index contributed by atoms with van der Waals surface area (Å²) in [5.74, 6) is 1.02. The van der Waals surface area contributed by atoms with Gasteiger partial charge in [0.05, 0.1) is 32.2 Å². The molecule has 0 aromatic heterocycles. The molecule has 0 bridgehead atoms. The molecule has 0 saturated carbocycles. The van der Waals surface area contributed by atoms with Crippen molar-refractivity contribution in [2.24, 2.45) is 5.92 Å². The minimum atomic E-state index is -0.0161. The van der Waals surface area contributed by atoms with Gasteiger partial charge in [-0.25, -0.2) is 0 Å². The van der Waals surface area contributed by atoms with Gasteiger partial charge in [0.15, 0.2) is 0 Å². The highest BCUT2D eigenvalue weighted by atomic mass is 16.5. The van der Waals surface area contributed by atoms with E-state index in [1.807, 2.05) is 26.0 Å². The molecule has 0 aliphatic carbocycles. The second kappa shape index (κ2) is 8.03. The Morgan fingerprint density at radius 1 is 1.14 bits per heavy atom. The number of likely N-dealkylation sites (tertiary alicyclic amines) is 1. The lowest BCUT2D eigenvalue weighted by Crippen LogP contribution is -3.11. The van der Waals surface area contributed by atoms with Gasteiger partial charge in [-0.2, -0.15) is 0 Å². The fourth-order valence-electron chi connectivity index (χ4n) is 2.86. The van der Waals surface area contributed by atoms with E-state index in [4.69, 9.17) is 9.47 Å². The van der Waals surface area contributed by atoms with Crippen LogP contribution in [0.1, 0.15) is 32.3 Å². The Morgan fingerprint density at radius 2 is 1.81 bits per heavy atom. The molecule has 116 valence electrons. The van der Waals surface area contributed by atoms with Gasteiger partial charge in [-0.15, -0.1) is 0 Å². The van der Waals surface area contributed by atoms with Crippen LogP contribution in [0.3, 0.4) is 0 Å². The topological polar surface area (TPSA) is 40.0 Å². The lowest BCUT2D eigenvalue weighted by molar-refractivity contribution is -0.919. The van der Waals surface area contributed by atoms with E-state index in [0.717, 1.165) is 38.2 Å². The third-order valence-electron chi connectivity index (χ3n) is 4.00. The summed E-state index contributed by atoms with van der Waals surface area (Å²) < 4.78 is 10.6. The Hall–Kier alpha value is -1.55. The third kappa shape index (κ3) is 4.74. The van der Waals surface area contributed by atoms with Crippen molar-refractivity contribution in [1.82, 2.24) is 0 Å². The molecule has 1 saturated heterocycles. The van der Waals surface area contributed by atoms with Crippen molar-refractivity contribution in [3.05, 3.63) is 29.8 Å². The average Bonchev–Trinajstić information content (AvgIpc) is 2.50. The first-order valence-electron chi connectivity index (χ1n) is 7.94. The Balaban J connectivity index is 1.79. The predicted octanol–water partition coefficient (Wildman–Crippen LogP) is 1.44. The normalized spacial score (nSPS) is 21.8. The van der Waals surface area contributed by atoms with Crippen LogP contribution < -0.4 is 9.64 Å². The second-order valence-corrected chi connectivity index (χ2v) is 5.53. The molecule has 2 rings (SSSR count). The van der Waals surface area contributed by atoms with Gasteiger partial charge in [-0.3, -0.25) is 4.79 Å². The van der Waals surface area contributed by atoms with Crippen LogP contribution in [0.25, 0.3) is 0 Å². The predicted molar refractivity (Wildman–Crippen MR) is 81.4 cm³/mol. The Morgan fingerprint density at radius 3 is 2.38 bits per heavy atom. The van der Waals surface area contributed by atoms with Crippen molar-refractivity contribution < 1.29 is 19.2 Å². The molecule has 0 unspecified atom stereocenters. The number of ether oxygens (including phenoxy) is 2. The van der Waals surface area contributed by atoms with Crippen molar-refractivity contribution in [2.75, 3.05) is 26.3 Å². The van der Waals surface area contributed by atoms with Crippen LogP contribution in [-0.4, -0.2) is 32.3 Å². The highest BCUT2D eigenvalue weighted by molar-refractivity contribution is 5.72. The van der Waals surface area contributed by atoms with Crippen LogP contribution in [0.2, 0.25) is 0 Å². The van der Waals surface area contributed by atoms with Gasteiger partial charge in [-0.1, -0.05) is 0 Å². The van der Waals surface area contributed by atoms with E-state index >= 15 is 0 Å². The first kappa shape index (κ1) is 15.8. The van der Waals surface area contributed by atoms with Crippen molar-refractivity contribution in [2.45, 2.75) is 33.2 Å². The lowest BCUT2D eigenvalue weighted by atomic mass is 9.96. The molecule has 21 heavy (non-hydrogen) atoms. The van der Waals surface area contributed by atoms with Crippen LogP contribution in [-0.2, 0) is 16.1 Å². The summed E-state index contributed by atoms with van der Waals surface area (Å²) in [6, 6.07) is 8.33. The lowest BCUT2D eigenvalue weighted by Gasteiger charge is -2.28. The summed E-state index contributed by atoms with van der Waals surface area (Å²) in [4.78, 5) is 13.3. The second-order valence-electron chi connectivity index (χ2n) is 5.53. The molecule has 1 aromatic rings. The first-order valence-corrected chi connectivity index (χ1v) is 7.94. The summed E-state index contributed by atoms with van der Waals surface area (Å²) in [7, 11) is 0. The number of carbonyl (C=O) groups is 1. The van der Waals surface area contributed by atoms with Crippen LogP contribution in [0.4, 0.5) is 0 Å². The monoisotopic (exact) mass is 292 g/mol. The maximum Gasteiger partial charge on any atom is 0.309 e. The Bertz CT molecular complexity index is 436. The molecule has 1 N–H and O–H groups in total. The Kier molecular flexibility index (Phi) is 6.05. The molecule has 4 nitrogen and oxygen atoms in total. The number of benzene rings is 1. The largest absolute Gasteiger partial charge is 0.494 e. The molecule has 1 fully saturated rings. The molecule has 0 spiro atoms. The van der Waals surface area contributed by atoms with E-state index in [2.05, 4.69) is 12.1 Å². The zero-order valence-electron chi connectivity index (χ0n) is 13.1.